The van der Waals surface area contributed by atoms with Gasteiger partial charge in [-0.25, -0.2) is 9.89 Å². The number of hydrogen-bond acceptors (Lipinski definition) is 4. The second kappa shape index (κ2) is 5.83. The second-order valence-electron chi connectivity index (χ2n) is 3.66. The molecule has 0 aromatic carbocycles. The smallest absolute Gasteiger partial charge is 0.330 e. The minimum absolute atomic E-state index is 0.193. The van der Waals surface area contributed by atoms with Crippen molar-refractivity contribution in [2.45, 2.75) is 13.0 Å². The Morgan fingerprint density at radius 3 is 2.88 bits per heavy atom. The van der Waals surface area contributed by atoms with Gasteiger partial charge in [0.25, 0.3) is 0 Å². The zero-order valence-electron chi connectivity index (χ0n) is 9.77. The molecule has 0 fully saturated rings. The Labute approximate surface area is 97.3 Å². The van der Waals surface area contributed by atoms with Crippen LogP contribution in [-0.2, 0) is 6.54 Å². The summed E-state index contributed by atoms with van der Waals surface area (Å²) in [5.41, 5.74) is -1.39. The Morgan fingerprint density at radius 1 is 1.53 bits per heavy atom. The van der Waals surface area contributed by atoms with Crippen LogP contribution in [0.1, 0.15) is 6.42 Å². The molecule has 1 aromatic rings. The summed E-state index contributed by atoms with van der Waals surface area (Å²) in [5, 5.41) is 8.22. The molecule has 8 nitrogen and oxygen atoms in total. The average molecular weight is 241 g/mol. The van der Waals surface area contributed by atoms with Gasteiger partial charge in [-0.1, -0.05) is 0 Å². The van der Waals surface area contributed by atoms with Crippen molar-refractivity contribution in [1.82, 2.24) is 25.0 Å². The molecule has 94 valence electrons. The van der Waals surface area contributed by atoms with E-state index in [1.165, 1.54) is 15.8 Å². The summed E-state index contributed by atoms with van der Waals surface area (Å²) in [6.07, 6.45) is 1.81. The lowest BCUT2D eigenvalue weighted by Crippen LogP contribution is -2.38. The Hall–Kier alpha value is -2.12. The van der Waals surface area contributed by atoms with Gasteiger partial charge >= 0.3 is 17.1 Å². The molecule has 0 aliphatic rings. The summed E-state index contributed by atoms with van der Waals surface area (Å²) in [4.78, 5) is 34.8. The molecular formula is C9H15N5O3. The van der Waals surface area contributed by atoms with Crippen molar-refractivity contribution in [1.29, 1.82) is 0 Å². The van der Waals surface area contributed by atoms with E-state index in [4.69, 9.17) is 0 Å². The van der Waals surface area contributed by atoms with E-state index in [9.17, 15) is 14.4 Å². The molecule has 0 atom stereocenters. The number of amides is 2. The Bertz CT molecular complexity index is 490. The zero-order chi connectivity index (χ0) is 12.8. The van der Waals surface area contributed by atoms with E-state index in [-0.39, 0.29) is 6.03 Å². The maximum atomic E-state index is 11.3. The number of urea groups is 1. The van der Waals surface area contributed by atoms with Gasteiger partial charge in [0.15, 0.2) is 0 Å². The van der Waals surface area contributed by atoms with Crippen LogP contribution < -0.4 is 16.4 Å². The van der Waals surface area contributed by atoms with Crippen molar-refractivity contribution >= 4 is 6.03 Å². The first-order valence-electron chi connectivity index (χ1n) is 5.11. The summed E-state index contributed by atoms with van der Waals surface area (Å²) in [7, 11) is 3.28. The van der Waals surface area contributed by atoms with Gasteiger partial charge in [-0.3, -0.25) is 14.2 Å². The fourth-order valence-corrected chi connectivity index (χ4v) is 1.15. The highest BCUT2D eigenvalue weighted by atomic mass is 16.2. The molecule has 1 rings (SSSR count). The normalized spacial score (nSPS) is 10.0. The number of nitrogens with one attached hydrogen (secondary N) is 2. The number of aromatic nitrogens is 3. The minimum atomic E-state index is -0.746. The monoisotopic (exact) mass is 241 g/mol. The molecule has 0 aliphatic carbocycles. The van der Waals surface area contributed by atoms with Crippen molar-refractivity contribution in [3.05, 3.63) is 27.0 Å². The van der Waals surface area contributed by atoms with Gasteiger partial charge in [0.2, 0.25) is 0 Å². The number of aromatic amines is 1. The van der Waals surface area contributed by atoms with Gasteiger partial charge in [-0.15, -0.1) is 0 Å². The SMILES string of the molecule is CN(C)C(=O)NCCCn1cn[nH]c(=O)c1=O. The number of H-pyrrole nitrogens is 1. The van der Waals surface area contributed by atoms with Crippen LogP contribution in [-0.4, -0.2) is 46.3 Å². The third-order valence-electron chi connectivity index (χ3n) is 2.08. The van der Waals surface area contributed by atoms with Gasteiger partial charge in [0.05, 0.1) is 0 Å². The number of carbonyl (C=O) groups is 1. The fourth-order valence-electron chi connectivity index (χ4n) is 1.15. The number of carbonyl (C=O) groups excluding carboxylic acids is 1. The summed E-state index contributed by atoms with van der Waals surface area (Å²) < 4.78 is 1.21. The first-order chi connectivity index (χ1) is 8.02. The maximum absolute atomic E-state index is 11.3. The average Bonchev–Trinajstić information content (AvgIpc) is 2.29. The van der Waals surface area contributed by atoms with Crippen molar-refractivity contribution in [3.8, 4) is 0 Å². The Kier molecular flexibility index (Phi) is 4.44. The van der Waals surface area contributed by atoms with Gasteiger partial charge in [0.1, 0.15) is 6.33 Å². The quantitative estimate of drug-likeness (QED) is 0.499. The van der Waals surface area contributed by atoms with E-state index in [2.05, 4.69) is 10.4 Å². The third kappa shape index (κ3) is 3.74. The molecule has 17 heavy (non-hydrogen) atoms. The van der Waals surface area contributed by atoms with Gasteiger partial charge < -0.3 is 10.2 Å². The Balaban J connectivity index is 2.42. The third-order valence-corrected chi connectivity index (χ3v) is 2.08. The molecule has 1 aromatic heterocycles. The molecule has 0 spiro atoms. The fraction of sp³-hybridized carbons (Fsp3) is 0.556. The van der Waals surface area contributed by atoms with Crippen molar-refractivity contribution in [2.75, 3.05) is 20.6 Å². The molecule has 0 aliphatic heterocycles. The van der Waals surface area contributed by atoms with Crippen molar-refractivity contribution in [2.24, 2.45) is 0 Å². The van der Waals surface area contributed by atoms with E-state index < -0.39 is 11.1 Å². The maximum Gasteiger partial charge on any atom is 0.330 e. The zero-order valence-corrected chi connectivity index (χ0v) is 9.77. The van der Waals surface area contributed by atoms with Crippen LogP contribution in [0.15, 0.2) is 15.9 Å². The molecule has 0 saturated carbocycles. The number of hydrogen-bond donors (Lipinski definition) is 2. The topological polar surface area (TPSA) is 100 Å². The van der Waals surface area contributed by atoms with Gasteiger partial charge in [-0.2, -0.15) is 5.10 Å². The predicted octanol–water partition coefficient (Wildman–Crippen LogP) is -1.41. The highest BCUT2D eigenvalue weighted by molar-refractivity contribution is 5.73. The summed E-state index contributed by atoms with van der Waals surface area (Å²) in [6.45, 7) is 0.764. The summed E-state index contributed by atoms with van der Waals surface area (Å²) in [6, 6.07) is -0.193. The molecule has 0 saturated heterocycles. The van der Waals surface area contributed by atoms with E-state index in [1.807, 2.05) is 5.10 Å². The lowest BCUT2D eigenvalue weighted by Gasteiger charge is -2.11. The molecule has 2 N–H and O–H groups in total. The first-order valence-corrected chi connectivity index (χ1v) is 5.11. The van der Waals surface area contributed by atoms with Gasteiger partial charge in [-0.05, 0) is 6.42 Å². The first kappa shape index (κ1) is 12.9. The van der Waals surface area contributed by atoms with Crippen LogP contribution in [0.25, 0.3) is 0 Å². The molecule has 8 heteroatoms. The predicted molar refractivity (Wildman–Crippen MR) is 60.8 cm³/mol. The van der Waals surface area contributed by atoms with Crippen LogP contribution in [0.5, 0.6) is 0 Å². The molecule has 0 unspecified atom stereocenters. The summed E-state index contributed by atoms with van der Waals surface area (Å²) >= 11 is 0. The van der Waals surface area contributed by atoms with E-state index in [1.54, 1.807) is 14.1 Å². The standard InChI is InChI=1S/C9H15N5O3/c1-13(2)9(17)10-4-3-5-14-6-11-12-7(15)8(14)16/h6H,3-5H2,1-2H3,(H,10,17)(H,12,15). The summed E-state index contributed by atoms with van der Waals surface area (Å²) in [5.74, 6) is 0. The highest BCUT2D eigenvalue weighted by Crippen LogP contribution is 1.83. The minimum Gasteiger partial charge on any atom is -0.338 e. The van der Waals surface area contributed by atoms with Crippen molar-refractivity contribution in [3.63, 3.8) is 0 Å². The Morgan fingerprint density at radius 2 is 2.24 bits per heavy atom. The van der Waals surface area contributed by atoms with Gasteiger partial charge in [0, 0.05) is 27.2 Å². The molecular weight excluding hydrogens is 226 g/mol. The molecule has 0 bridgehead atoms. The number of nitrogens with zero attached hydrogens (tertiary/aromatic N) is 3. The van der Waals surface area contributed by atoms with Crippen LogP contribution in [0.4, 0.5) is 4.79 Å². The van der Waals surface area contributed by atoms with Crippen LogP contribution in [0.3, 0.4) is 0 Å². The largest absolute Gasteiger partial charge is 0.338 e. The second-order valence-corrected chi connectivity index (χ2v) is 3.66. The molecule has 0 radical (unpaired) electrons. The van der Waals surface area contributed by atoms with Crippen molar-refractivity contribution < 1.29 is 4.79 Å². The van der Waals surface area contributed by atoms with Crippen LogP contribution in [0.2, 0.25) is 0 Å². The number of rotatable bonds is 4. The lowest BCUT2D eigenvalue weighted by molar-refractivity contribution is 0.217. The molecule has 1 heterocycles. The van der Waals surface area contributed by atoms with Crippen LogP contribution in [0, 0.1) is 0 Å². The van der Waals surface area contributed by atoms with E-state index in [0.717, 1.165) is 0 Å². The highest BCUT2D eigenvalue weighted by Gasteiger charge is 2.02. The lowest BCUT2D eigenvalue weighted by atomic mass is 10.4. The number of aryl methyl sites for hydroxylation is 1. The molecule has 2 amide bonds. The van der Waals surface area contributed by atoms with Crippen LogP contribution >= 0.6 is 0 Å². The van der Waals surface area contributed by atoms with E-state index >= 15 is 0 Å². The van der Waals surface area contributed by atoms with E-state index in [0.29, 0.717) is 19.5 Å².